The number of amides is 1. The van der Waals surface area contributed by atoms with Crippen molar-refractivity contribution in [1.29, 1.82) is 0 Å². The second kappa shape index (κ2) is 7.50. The Labute approximate surface area is 129 Å². The minimum absolute atomic E-state index is 0.146. The monoisotopic (exact) mass is 301 g/mol. The Morgan fingerprint density at radius 2 is 2.00 bits per heavy atom. The number of carbonyl (C=O) groups is 1. The van der Waals surface area contributed by atoms with Crippen LogP contribution in [0.15, 0.2) is 54.6 Å². The number of hydrogen-bond donors (Lipinski definition) is 1. The van der Waals surface area contributed by atoms with E-state index in [2.05, 4.69) is 5.32 Å². The van der Waals surface area contributed by atoms with E-state index in [4.69, 9.17) is 16.3 Å². The number of hydrogen-bond acceptors (Lipinski definition) is 2. The van der Waals surface area contributed by atoms with Crippen molar-refractivity contribution in [3.8, 4) is 5.75 Å². The molecule has 21 heavy (non-hydrogen) atoms. The summed E-state index contributed by atoms with van der Waals surface area (Å²) in [6.07, 6.45) is 3.25. The topological polar surface area (TPSA) is 38.3 Å². The van der Waals surface area contributed by atoms with E-state index in [1.54, 1.807) is 25.3 Å². The molecule has 1 amide bonds. The number of halogens is 1. The molecule has 0 aliphatic heterocycles. The van der Waals surface area contributed by atoms with Crippen molar-refractivity contribution >= 4 is 23.6 Å². The van der Waals surface area contributed by atoms with Crippen LogP contribution in [0.25, 0.3) is 6.08 Å². The van der Waals surface area contributed by atoms with E-state index in [-0.39, 0.29) is 5.91 Å². The second-order valence-electron chi connectivity index (χ2n) is 4.45. The fourth-order valence-electron chi connectivity index (χ4n) is 1.78. The lowest BCUT2D eigenvalue weighted by molar-refractivity contribution is -0.116. The molecule has 0 saturated heterocycles. The molecule has 0 saturated carbocycles. The number of benzene rings is 2. The third-order valence-corrected chi connectivity index (χ3v) is 3.15. The summed E-state index contributed by atoms with van der Waals surface area (Å²) in [7, 11) is 1.62. The van der Waals surface area contributed by atoms with Gasteiger partial charge in [0.15, 0.2) is 0 Å². The van der Waals surface area contributed by atoms with Crippen molar-refractivity contribution in [2.24, 2.45) is 0 Å². The van der Waals surface area contributed by atoms with E-state index in [1.807, 2.05) is 36.4 Å². The molecule has 2 rings (SSSR count). The molecule has 2 aromatic rings. The molecule has 2 aromatic carbocycles. The summed E-state index contributed by atoms with van der Waals surface area (Å²) < 4.78 is 5.14. The minimum atomic E-state index is -0.146. The van der Waals surface area contributed by atoms with Crippen LogP contribution in [0, 0.1) is 0 Å². The summed E-state index contributed by atoms with van der Waals surface area (Å²) >= 11 is 5.80. The maximum Gasteiger partial charge on any atom is 0.244 e. The van der Waals surface area contributed by atoms with Crippen molar-refractivity contribution in [2.75, 3.05) is 7.11 Å². The summed E-state index contributed by atoms with van der Waals surface area (Å²) in [5, 5.41) is 3.50. The average molecular weight is 302 g/mol. The van der Waals surface area contributed by atoms with Crippen molar-refractivity contribution in [1.82, 2.24) is 5.32 Å². The summed E-state index contributed by atoms with van der Waals surface area (Å²) in [6.45, 7) is 0.459. The second-order valence-corrected chi connectivity index (χ2v) is 4.89. The molecule has 108 valence electrons. The summed E-state index contributed by atoms with van der Waals surface area (Å²) in [5.41, 5.74) is 1.92. The molecule has 0 bridgehead atoms. The Bertz CT molecular complexity index is 635. The first-order chi connectivity index (χ1) is 10.2. The quantitative estimate of drug-likeness (QED) is 0.856. The van der Waals surface area contributed by atoms with Gasteiger partial charge in [-0.1, -0.05) is 35.9 Å². The van der Waals surface area contributed by atoms with Crippen LogP contribution in [0.5, 0.6) is 5.75 Å². The first-order valence-electron chi connectivity index (χ1n) is 6.52. The Morgan fingerprint density at radius 1 is 1.24 bits per heavy atom. The standard InChI is InChI=1S/C17H16ClNO2/c1-21-16-4-2-3-14(11-16)12-19-17(20)10-7-13-5-8-15(18)9-6-13/h2-11H,12H2,1H3,(H,19,20)/b10-7+. The first kappa shape index (κ1) is 15.1. The molecule has 0 atom stereocenters. The fraction of sp³-hybridized carbons (Fsp3) is 0.118. The zero-order chi connectivity index (χ0) is 15.1. The van der Waals surface area contributed by atoms with Gasteiger partial charge in [0, 0.05) is 17.6 Å². The average Bonchev–Trinajstić information content (AvgIpc) is 2.52. The molecular weight excluding hydrogens is 286 g/mol. The van der Waals surface area contributed by atoms with Crippen LogP contribution in [-0.4, -0.2) is 13.0 Å². The highest BCUT2D eigenvalue weighted by Crippen LogP contribution is 2.12. The van der Waals surface area contributed by atoms with E-state index >= 15 is 0 Å². The van der Waals surface area contributed by atoms with Crippen LogP contribution in [0.1, 0.15) is 11.1 Å². The highest BCUT2D eigenvalue weighted by Gasteiger charge is 1.98. The number of methoxy groups -OCH3 is 1. The van der Waals surface area contributed by atoms with Gasteiger partial charge < -0.3 is 10.1 Å². The van der Waals surface area contributed by atoms with Gasteiger partial charge in [0.05, 0.1) is 7.11 Å². The predicted octanol–water partition coefficient (Wildman–Crippen LogP) is 3.68. The van der Waals surface area contributed by atoms with Crippen molar-refractivity contribution in [3.63, 3.8) is 0 Å². The lowest BCUT2D eigenvalue weighted by Gasteiger charge is -2.05. The van der Waals surface area contributed by atoms with E-state index in [0.717, 1.165) is 16.9 Å². The molecule has 0 heterocycles. The molecule has 0 aliphatic carbocycles. The molecule has 0 unspecified atom stereocenters. The SMILES string of the molecule is COc1cccc(CNC(=O)/C=C/c2ccc(Cl)cc2)c1. The first-order valence-corrected chi connectivity index (χ1v) is 6.89. The number of carbonyl (C=O) groups excluding carboxylic acids is 1. The summed E-state index contributed by atoms with van der Waals surface area (Å²) in [6, 6.07) is 14.9. The van der Waals surface area contributed by atoms with Gasteiger partial charge in [0.1, 0.15) is 5.75 Å². The van der Waals surface area contributed by atoms with Gasteiger partial charge in [-0.15, -0.1) is 0 Å². The minimum Gasteiger partial charge on any atom is -0.497 e. The maximum atomic E-state index is 11.8. The van der Waals surface area contributed by atoms with Gasteiger partial charge in [-0.2, -0.15) is 0 Å². The molecule has 3 nitrogen and oxygen atoms in total. The smallest absolute Gasteiger partial charge is 0.244 e. The molecular formula is C17H16ClNO2. The summed E-state index contributed by atoms with van der Waals surface area (Å²) in [4.78, 5) is 11.8. The van der Waals surface area contributed by atoms with Crippen LogP contribution >= 0.6 is 11.6 Å². The van der Waals surface area contributed by atoms with Crippen molar-refractivity contribution < 1.29 is 9.53 Å². The van der Waals surface area contributed by atoms with Crippen molar-refractivity contribution in [3.05, 3.63) is 70.8 Å². The van der Waals surface area contributed by atoms with Gasteiger partial charge in [-0.3, -0.25) is 4.79 Å². The largest absolute Gasteiger partial charge is 0.497 e. The van der Waals surface area contributed by atoms with Gasteiger partial charge in [-0.05, 0) is 41.5 Å². The van der Waals surface area contributed by atoms with Gasteiger partial charge >= 0.3 is 0 Å². The van der Waals surface area contributed by atoms with Gasteiger partial charge in [0.2, 0.25) is 5.91 Å². The Kier molecular flexibility index (Phi) is 5.41. The van der Waals surface area contributed by atoms with E-state index in [9.17, 15) is 4.79 Å². The molecule has 0 fully saturated rings. The number of ether oxygens (including phenoxy) is 1. The Morgan fingerprint density at radius 3 is 2.71 bits per heavy atom. The highest BCUT2D eigenvalue weighted by atomic mass is 35.5. The van der Waals surface area contributed by atoms with Crippen LogP contribution < -0.4 is 10.1 Å². The third-order valence-electron chi connectivity index (χ3n) is 2.90. The molecule has 0 aromatic heterocycles. The normalized spacial score (nSPS) is 10.6. The zero-order valence-electron chi connectivity index (χ0n) is 11.7. The van der Waals surface area contributed by atoms with Crippen molar-refractivity contribution in [2.45, 2.75) is 6.54 Å². The van der Waals surface area contributed by atoms with E-state index in [1.165, 1.54) is 6.08 Å². The molecule has 1 N–H and O–H groups in total. The fourth-order valence-corrected chi connectivity index (χ4v) is 1.90. The van der Waals surface area contributed by atoms with Gasteiger partial charge in [0.25, 0.3) is 0 Å². The summed E-state index contributed by atoms with van der Waals surface area (Å²) in [5.74, 6) is 0.631. The number of nitrogens with one attached hydrogen (secondary N) is 1. The lowest BCUT2D eigenvalue weighted by atomic mass is 10.2. The third kappa shape index (κ3) is 4.97. The maximum absolute atomic E-state index is 11.8. The van der Waals surface area contributed by atoms with E-state index in [0.29, 0.717) is 11.6 Å². The van der Waals surface area contributed by atoms with E-state index < -0.39 is 0 Å². The zero-order valence-corrected chi connectivity index (χ0v) is 12.4. The van der Waals surface area contributed by atoms with Crippen LogP contribution in [0.4, 0.5) is 0 Å². The lowest BCUT2D eigenvalue weighted by Crippen LogP contribution is -2.20. The van der Waals surface area contributed by atoms with Crippen LogP contribution in [0.2, 0.25) is 5.02 Å². The highest BCUT2D eigenvalue weighted by molar-refractivity contribution is 6.30. The van der Waals surface area contributed by atoms with Crippen LogP contribution in [0.3, 0.4) is 0 Å². The number of rotatable bonds is 5. The molecule has 0 aliphatic rings. The Balaban J connectivity index is 1.88. The molecule has 0 spiro atoms. The predicted molar refractivity (Wildman–Crippen MR) is 85.3 cm³/mol. The van der Waals surface area contributed by atoms with Crippen LogP contribution in [-0.2, 0) is 11.3 Å². The van der Waals surface area contributed by atoms with Gasteiger partial charge in [-0.25, -0.2) is 0 Å². The molecule has 0 radical (unpaired) electrons. The molecule has 4 heteroatoms. The Hall–Kier alpha value is -2.26.